The Morgan fingerprint density at radius 3 is 2.58 bits per heavy atom. The SMILES string of the molecule is Cc1ccc(NC(=O)NCc2cn(CC(=O)N3CCOCC3)c3ccc(F)cc23)cc1. The number of fused-ring (bicyclic) bond motifs is 1. The molecule has 0 spiro atoms. The summed E-state index contributed by atoms with van der Waals surface area (Å²) < 4.78 is 21.0. The van der Waals surface area contributed by atoms with Gasteiger partial charge in [0.25, 0.3) is 0 Å². The number of halogens is 1. The van der Waals surface area contributed by atoms with Gasteiger partial charge < -0.3 is 24.8 Å². The fourth-order valence-corrected chi connectivity index (χ4v) is 3.66. The van der Waals surface area contributed by atoms with E-state index < -0.39 is 0 Å². The Morgan fingerprint density at radius 1 is 1.10 bits per heavy atom. The highest BCUT2D eigenvalue weighted by Gasteiger charge is 2.19. The minimum atomic E-state index is -0.366. The van der Waals surface area contributed by atoms with Crippen molar-refractivity contribution in [1.29, 1.82) is 0 Å². The van der Waals surface area contributed by atoms with Crippen LogP contribution in [0.15, 0.2) is 48.7 Å². The van der Waals surface area contributed by atoms with E-state index >= 15 is 0 Å². The highest BCUT2D eigenvalue weighted by Crippen LogP contribution is 2.23. The van der Waals surface area contributed by atoms with Crippen LogP contribution in [0.1, 0.15) is 11.1 Å². The summed E-state index contributed by atoms with van der Waals surface area (Å²) in [6.45, 7) is 4.54. The number of aromatic nitrogens is 1. The van der Waals surface area contributed by atoms with Gasteiger partial charge in [-0.2, -0.15) is 0 Å². The zero-order chi connectivity index (χ0) is 21.8. The number of aryl methyl sites for hydroxylation is 1. The van der Waals surface area contributed by atoms with Crippen molar-refractivity contribution in [1.82, 2.24) is 14.8 Å². The van der Waals surface area contributed by atoms with E-state index in [0.717, 1.165) is 16.6 Å². The number of carbonyl (C=O) groups is 2. The minimum absolute atomic E-state index is 0.0128. The summed E-state index contributed by atoms with van der Waals surface area (Å²) in [6.07, 6.45) is 1.80. The first-order valence-corrected chi connectivity index (χ1v) is 10.2. The number of urea groups is 1. The molecule has 31 heavy (non-hydrogen) atoms. The summed E-state index contributed by atoms with van der Waals surface area (Å²) in [7, 11) is 0. The third kappa shape index (κ3) is 5.03. The van der Waals surface area contributed by atoms with Gasteiger partial charge in [0.1, 0.15) is 12.4 Å². The second-order valence-corrected chi connectivity index (χ2v) is 7.61. The molecule has 8 heteroatoms. The van der Waals surface area contributed by atoms with E-state index in [1.165, 1.54) is 12.1 Å². The number of hydrogen-bond donors (Lipinski definition) is 2. The number of rotatable bonds is 5. The van der Waals surface area contributed by atoms with Crippen LogP contribution in [0.2, 0.25) is 0 Å². The quantitative estimate of drug-likeness (QED) is 0.660. The predicted octanol–water partition coefficient (Wildman–Crippen LogP) is 3.27. The summed E-state index contributed by atoms with van der Waals surface area (Å²) >= 11 is 0. The molecule has 0 bridgehead atoms. The van der Waals surface area contributed by atoms with Gasteiger partial charge in [0.05, 0.1) is 13.2 Å². The first-order chi connectivity index (χ1) is 15.0. The van der Waals surface area contributed by atoms with Gasteiger partial charge in [-0.1, -0.05) is 17.7 Å². The Kier molecular flexibility index (Phi) is 6.18. The molecule has 0 aliphatic carbocycles. The molecule has 2 N–H and O–H groups in total. The predicted molar refractivity (Wildman–Crippen MR) is 116 cm³/mol. The number of hydrogen-bond acceptors (Lipinski definition) is 3. The molecule has 1 saturated heterocycles. The molecule has 1 aliphatic heterocycles. The fraction of sp³-hybridized carbons (Fsp3) is 0.304. The molecule has 1 aliphatic rings. The summed E-state index contributed by atoms with van der Waals surface area (Å²) in [6, 6.07) is 11.6. The largest absolute Gasteiger partial charge is 0.378 e. The van der Waals surface area contributed by atoms with Crippen LogP contribution in [0.25, 0.3) is 10.9 Å². The lowest BCUT2D eigenvalue weighted by Gasteiger charge is -2.27. The maximum absolute atomic E-state index is 13.9. The van der Waals surface area contributed by atoms with Crippen LogP contribution in [0.3, 0.4) is 0 Å². The van der Waals surface area contributed by atoms with Gasteiger partial charge in [0.2, 0.25) is 5.91 Å². The zero-order valence-electron chi connectivity index (χ0n) is 17.4. The number of amides is 3. The number of benzene rings is 2. The van der Waals surface area contributed by atoms with Crippen molar-refractivity contribution in [3.05, 3.63) is 65.6 Å². The standard InChI is InChI=1S/C23H25FN4O3/c1-16-2-5-19(6-3-16)26-23(30)25-13-17-14-28(21-7-4-18(24)12-20(17)21)15-22(29)27-8-10-31-11-9-27/h2-7,12,14H,8-11,13,15H2,1H3,(H2,25,26,30). The van der Waals surface area contributed by atoms with Crippen LogP contribution in [-0.2, 0) is 22.6 Å². The van der Waals surface area contributed by atoms with Crippen molar-refractivity contribution >= 4 is 28.5 Å². The van der Waals surface area contributed by atoms with Gasteiger partial charge >= 0.3 is 6.03 Å². The van der Waals surface area contributed by atoms with Crippen molar-refractivity contribution in [3.8, 4) is 0 Å². The molecule has 2 heterocycles. The maximum atomic E-state index is 13.9. The number of morpholine rings is 1. The molecule has 3 amide bonds. The van der Waals surface area contributed by atoms with Crippen LogP contribution >= 0.6 is 0 Å². The number of nitrogens with zero attached hydrogens (tertiary/aromatic N) is 2. The molecule has 1 fully saturated rings. The zero-order valence-corrected chi connectivity index (χ0v) is 17.4. The molecule has 0 unspecified atom stereocenters. The Labute approximate surface area is 179 Å². The summed E-state index contributed by atoms with van der Waals surface area (Å²) in [5.74, 6) is -0.378. The van der Waals surface area contributed by atoms with Crippen molar-refractivity contribution in [2.75, 3.05) is 31.6 Å². The molecular formula is C23H25FN4O3. The second kappa shape index (κ2) is 9.18. The van der Waals surface area contributed by atoms with E-state index in [2.05, 4.69) is 10.6 Å². The highest BCUT2D eigenvalue weighted by molar-refractivity contribution is 5.90. The molecule has 0 atom stereocenters. The van der Waals surface area contributed by atoms with E-state index in [-0.39, 0.29) is 30.8 Å². The van der Waals surface area contributed by atoms with Crippen LogP contribution in [-0.4, -0.2) is 47.7 Å². The van der Waals surface area contributed by atoms with E-state index in [0.29, 0.717) is 37.4 Å². The van der Waals surface area contributed by atoms with Gasteiger partial charge in [0, 0.05) is 42.4 Å². The van der Waals surface area contributed by atoms with Gasteiger partial charge in [-0.3, -0.25) is 4.79 Å². The average molecular weight is 424 g/mol. The maximum Gasteiger partial charge on any atom is 0.319 e. The van der Waals surface area contributed by atoms with Crippen molar-refractivity contribution in [2.24, 2.45) is 0 Å². The highest BCUT2D eigenvalue weighted by atomic mass is 19.1. The number of ether oxygens (including phenoxy) is 1. The lowest BCUT2D eigenvalue weighted by atomic mass is 10.1. The minimum Gasteiger partial charge on any atom is -0.378 e. The molecule has 7 nitrogen and oxygen atoms in total. The van der Waals surface area contributed by atoms with Crippen LogP contribution in [0, 0.1) is 12.7 Å². The third-order valence-electron chi connectivity index (χ3n) is 5.34. The second-order valence-electron chi connectivity index (χ2n) is 7.61. The number of carbonyl (C=O) groups excluding carboxylic acids is 2. The van der Waals surface area contributed by atoms with E-state index in [1.54, 1.807) is 17.2 Å². The first kappa shape index (κ1) is 20.9. The number of anilines is 1. The Bertz CT molecular complexity index is 1090. The van der Waals surface area contributed by atoms with Gasteiger partial charge in [-0.25, -0.2) is 9.18 Å². The molecule has 2 aromatic carbocycles. The molecule has 4 rings (SSSR count). The summed E-state index contributed by atoms with van der Waals surface area (Å²) in [5.41, 5.74) is 3.28. The monoisotopic (exact) mass is 424 g/mol. The topological polar surface area (TPSA) is 75.6 Å². The lowest BCUT2D eigenvalue weighted by molar-refractivity contribution is -0.135. The van der Waals surface area contributed by atoms with Crippen LogP contribution in [0.4, 0.5) is 14.9 Å². The van der Waals surface area contributed by atoms with Gasteiger partial charge in [-0.15, -0.1) is 0 Å². The average Bonchev–Trinajstić information content (AvgIpc) is 3.11. The molecule has 3 aromatic rings. The molecular weight excluding hydrogens is 399 g/mol. The van der Waals surface area contributed by atoms with Crippen molar-refractivity contribution in [2.45, 2.75) is 20.0 Å². The Balaban J connectivity index is 1.47. The van der Waals surface area contributed by atoms with E-state index in [1.807, 2.05) is 35.8 Å². The fourth-order valence-electron chi connectivity index (χ4n) is 3.66. The van der Waals surface area contributed by atoms with Gasteiger partial charge in [0.15, 0.2) is 0 Å². The van der Waals surface area contributed by atoms with Gasteiger partial charge in [-0.05, 0) is 42.8 Å². The molecule has 0 radical (unpaired) electrons. The van der Waals surface area contributed by atoms with E-state index in [4.69, 9.17) is 4.74 Å². The third-order valence-corrected chi connectivity index (χ3v) is 5.34. The molecule has 1 aromatic heterocycles. The Hall–Kier alpha value is -3.39. The van der Waals surface area contributed by atoms with Crippen molar-refractivity contribution in [3.63, 3.8) is 0 Å². The first-order valence-electron chi connectivity index (χ1n) is 10.2. The molecule has 162 valence electrons. The van der Waals surface area contributed by atoms with Crippen molar-refractivity contribution < 1.29 is 18.7 Å². The number of nitrogens with one attached hydrogen (secondary N) is 2. The lowest BCUT2D eigenvalue weighted by Crippen LogP contribution is -2.42. The molecule has 0 saturated carbocycles. The summed E-state index contributed by atoms with van der Waals surface area (Å²) in [4.78, 5) is 26.7. The normalized spacial score (nSPS) is 13.9. The Morgan fingerprint density at radius 2 is 1.84 bits per heavy atom. The smallest absolute Gasteiger partial charge is 0.319 e. The van der Waals surface area contributed by atoms with Crippen LogP contribution < -0.4 is 10.6 Å². The summed E-state index contributed by atoms with van der Waals surface area (Å²) in [5, 5.41) is 6.25. The van der Waals surface area contributed by atoms with E-state index in [9.17, 15) is 14.0 Å². The van der Waals surface area contributed by atoms with Crippen LogP contribution in [0.5, 0.6) is 0 Å².